The molecule has 0 bridgehead atoms. The molecule has 0 aliphatic rings. The fourth-order valence-corrected chi connectivity index (χ4v) is 3.41. The monoisotopic (exact) mass is 392 g/mol. The molecular weight excluding hydrogens is 379 g/mol. The highest BCUT2D eigenvalue weighted by Gasteiger charge is 2.13. The van der Waals surface area contributed by atoms with Gasteiger partial charge < -0.3 is 15.7 Å². The maximum absolute atomic E-state index is 12.3. The van der Waals surface area contributed by atoms with Crippen molar-refractivity contribution in [3.8, 4) is 5.75 Å². The number of phenols is 1. The van der Waals surface area contributed by atoms with Crippen LogP contribution in [0.25, 0.3) is 10.8 Å². The molecule has 0 aromatic heterocycles. The van der Waals surface area contributed by atoms with Crippen molar-refractivity contribution >= 4 is 63.1 Å². The third-order valence-corrected chi connectivity index (χ3v) is 4.96. The first-order valence-electron chi connectivity index (χ1n) is 7.30. The van der Waals surface area contributed by atoms with Crippen LogP contribution in [-0.4, -0.2) is 17.4 Å². The van der Waals surface area contributed by atoms with Crippen LogP contribution in [0.1, 0.15) is 0 Å². The Hall–Kier alpha value is -2.08. The number of amides is 2. The van der Waals surface area contributed by atoms with E-state index in [0.29, 0.717) is 27.2 Å². The number of benzene rings is 3. The number of halogens is 2. The van der Waals surface area contributed by atoms with Crippen LogP contribution in [0.5, 0.6) is 5.75 Å². The van der Waals surface area contributed by atoms with Crippen LogP contribution in [0.15, 0.2) is 53.4 Å². The number of aromatic hydroxyl groups is 1. The molecule has 25 heavy (non-hydrogen) atoms. The maximum atomic E-state index is 12.3. The van der Waals surface area contributed by atoms with Gasteiger partial charge in [0.25, 0.3) is 0 Å². The van der Waals surface area contributed by atoms with E-state index < -0.39 is 6.03 Å². The Morgan fingerprint density at radius 1 is 0.960 bits per heavy atom. The van der Waals surface area contributed by atoms with Crippen LogP contribution < -0.4 is 10.6 Å². The Balaban J connectivity index is 1.88. The number of thioether (sulfide) groups is 1. The zero-order valence-corrected chi connectivity index (χ0v) is 15.5. The molecule has 0 fully saturated rings. The molecule has 0 atom stereocenters. The summed E-state index contributed by atoms with van der Waals surface area (Å²) >= 11 is 14.0. The molecule has 0 radical (unpaired) electrons. The standard InChI is InChI=1S/C18H14Cl2N2O2S/c1-25-12-5-2-10(3-6-12)21-18(24)22-17-14-8-11(23)4-7-13(14)15(19)9-16(17)20/h2-9,23H,1H3,(H2,21,22,24). The summed E-state index contributed by atoms with van der Waals surface area (Å²) in [5, 5.41) is 17.2. The van der Waals surface area contributed by atoms with E-state index in [1.165, 1.54) is 12.1 Å². The number of rotatable bonds is 3. The van der Waals surface area contributed by atoms with Gasteiger partial charge in [-0.05, 0) is 54.8 Å². The molecule has 128 valence electrons. The van der Waals surface area contributed by atoms with Gasteiger partial charge in [0.15, 0.2) is 0 Å². The zero-order valence-electron chi connectivity index (χ0n) is 13.1. The largest absolute Gasteiger partial charge is 0.508 e. The number of hydrogen-bond acceptors (Lipinski definition) is 3. The molecule has 0 saturated heterocycles. The average molecular weight is 393 g/mol. The summed E-state index contributed by atoms with van der Waals surface area (Å²) in [6.45, 7) is 0. The first kappa shape index (κ1) is 17.7. The average Bonchev–Trinajstić information content (AvgIpc) is 2.59. The van der Waals surface area contributed by atoms with Crippen molar-refractivity contribution in [1.82, 2.24) is 0 Å². The number of anilines is 2. The lowest BCUT2D eigenvalue weighted by atomic mass is 10.1. The summed E-state index contributed by atoms with van der Waals surface area (Å²) < 4.78 is 0. The van der Waals surface area contributed by atoms with Crippen LogP contribution >= 0.6 is 35.0 Å². The Kier molecular flexibility index (Phi) is 5.27. The molecule has 3 aromatic rings. The van der Waals surface area contributed by atoms with Gasteiger partial charge in [-0.1, -0.05) is 23.2 Å². The molecule has 0 aliphatic heterocycles. The van der Waals surface area contributed by atoms with E-state index in [1.807, 2.05) is 30.5 Å². The quantitative estimate of drug-likeness (QED) is 0.463. The molecular formula is C18H14Cl2N2O2S. The van der Waals surface area contributed by atoms with Gasteiger partial charge in [0.2, 0.25) is 0 Å². The highest BCUT2D eigenvalue weighted by atomic mass is 35.5. The number of hydrogen-bond donors (Lipinski definition) is 3. The molecule has 0 aliphatic carbocycles. The molecule has 7 heteroatoms. The van der Waals surface area contributed by atoms with E-state index in [2.05, 4.69) is 10.6 Å². The predicted octanol–water partition coefficient (Wildman–Crippen LogP) is 6.22. The van der Waals surface area contributed by atoms with E-state index in [-0.39, 0.29) is 10.8 Å². The smallest absolute Gasteiger partial charge is 0.323 e. The molecule has 0 heterocycles. The Bertz CT molecular complexity index is 946. The van der Waals surface area contributed by atoms with Gasteiger partial charge in [0.1, 0.15) is 5.75 Å². The fourth-order valence-electron chi connectivity index (χ4n) is 2.41. The number of urea groups is 1. The van der Waals surface area contributed by atoms with Crippen LogP contribution in [0.3, 0.4) is 0 Å². The highest BCUT2D eigenvalue weighted by molar-refractivity contribution is 7.98. The van der Waals surface area contributed by atoms with Crippen molar-refractivity contribution in [3.05, 3.63) is 58.6 Å². The molecule has 0 saturated carbocycles. The van der Waals surface area contributed by atoms with Gasteiger partial charge in [-0.25, -0.2) is 4.79 Å². The number of phenolic OH excluding ortho intramolecular Hbond substituents is 1. The fraction of sp³-hybridized carbons (Fsp3) is 0.0556. The van der Waals surface area contributed by atoms with Crippen molar-refractivity contribution in [2.45, 2.75) is 4.90 Å². The molecule has 3 rings (SSSR count). The highest BCUT2D eigenvalue weighted by Crippen LogP contribution is 2.38. The van der Waals surface area contributed by atoms with Crippen LogP contribution in [0, 0.1) is 0 Å². The lowest BCUT2D eigenvalue weighted by Crippen LogP contribution is -2.19. The Labute approximate surface area is 159 Å². The van der Waals surface area contributed by atoms with Gasteiger partial charge >= 0.3 is 6.03 Å². The topological polar surface area (TPSA) is 61.4 Å². The number of carbonyl (C=O) groups excluding carboxylic acids is 1. The van der Waals surface area contributed by atoms with E-state index in [0.717, 1.165) is 4.90 Å². The van der Waals surface area contributed by atoms with E-state index >= 15 is 0 Å². The Morgan fingerprint density at radius 2 is 1.68 bits per heavy atom. The molecule has 0 unspecified atom stereocenters. The summed E-state index contributed by atoms with van der Waals surface area (Å²) in [5.74, 6) is 0.0574. The third-order valence-electron chi connectivity index (χ3n) is 3.61. The zero-order chi connectivity index (χ0) is 18.0. The van der Waals surface area contributed by atoms with Crippen molar-refractivity contribution in [2.75, 3.05) is 16.9 Å². The number of fused-ring (bicyclic) bond motifs is 1. The van der Waals surface area contributed by atoms with Crippen molar-refractivity contribution in [2.24, 2.45) is 0 Å². The second-order valence-corrected chi connectivity index (χ2v) is 6.95. The lowest BCUT2D eigenvalue weighted by Gasteiger charge is -2.13. The van der Waals surface area contributed by atoms with E-state index in [9.17, 15) is 9.90 Å². The van der Waals surface area contributed by atoms with Gasteiger partial charge in [-0.15, -0.1) is 11.8 Å². The summed E-state index contributed by atoms with van der Waals surface area (Å²) in [6.07, 6.45) is 1.98. The lowest BCUT2D eigenvalue weighted by molar-refractivity contribution is 0.262. The second-order valence-electron chi connectivity index (χ2n) is 5.25. The summed E-state index contributed by atoms with van der Waals surface area (Å²) in [5.41, 5.74) is 1.04. The van der Waals surface area contributed by atoms with Crippen LogP contribution in [-0.2, 0) is 0 Å². The SMILES string of the molecule is CSc1ccc(NC(=O)Nc2c(Cl)cc(Cl)c3ccc(O)cc23)cc1. The second kappa shape index (κ2) is 7.44. The molecule has 0 spiro atoms. The van der Waals surface area contributed by atoms with Crippen LogP contribution in [0.2, 0.25) is 10.0 Å². The summed E-state index contributed by atoms with van der Waals surface area (Å²) in [7, 11) is 0. The van der Waals surface area contributed by atoms with Gasteiger partial charge in [0.05, 0.1) is 15.7 Å². The summed E-state index contributed by atoms with van der Waals surface area (Å²) in [6, 6.07) is 13.3. The normalized spacial score (nSPS) is 10.7. The molecule has 2 amide bonds. The molecule has 3 N–H and O–H groups in total. The molecule has 3 aromatic carbocycles. The minimum Gasteiger partial charge on any atom is -0.508 e. The van der Waals surface area contributed by atoms with Gasteiger partial charge in [-0.2, -0.15) is 0 Å². The van der Waals surface area contributed by atoms with Crippen molar-refractivity contribution in [3.63, 3.8) is 0 Å². The summed E-state index contributed by atoms with van der Waals surface area (Å²) in [4.78, 5) is 13.4. The van der Waals surface area contributed by atoms with E-state index in [1.54, 1.807) is 23.9 Å². The first-order valence-corrected chi connectivity index (χ1v) is 9.29. The van der Waals surface area contributed by atoms with Crippen molar-refractivity contribution < 1.29 is 9.90 Å². The minimum atomic E-state index is -0.439. The van der Waals surface area contributed by atoms with Crippen molar-refractivity contribution in [1.29, 1.82) is 0 Å². The van der Waals surface area contributed by atoms with E-state index in [4.69, 9.17) is 23.2 Å². The maximum Gasteiger partial charge on any atom is 0.323 e. The minimum absolute atomic E-state index is 0.0574. The Morgan fingerprint density at radius 3 is 2.36 bits per heavy atom. The predicted molar refractivity (Wildman–Crippen MR) is 106 cm³/mol. The number of nitrogens with one attached hydrogen (secondary N) is 2. The van der Waals surface area contributed by atoms with Gasteiger partial charge in [0, 0.05) is 21.4 Å². The molecule has 4 nitrogen and oxygen atoms in total. The third kappa shape index (κ3) is 3.95. The van der Waals surface area contributed by atoms with Gasteiger partial charge in [-0.3, -0.25) is 0 Å². The first-order chi connectivity index (χ1) is 12.0. The number of carbonyl (C=O) groups is 1. The van der Waals surface area contributed by atoms with Crippen LogP contribution in [0.4, 0.5) is 16.2 Å².